The molecule has 0 aliphatic heterocycles. The Labute approximate surface area is 96.6 Å². The van der Waals surface area contributed by atoms with Gasteiger partial charge in [0.1, 0.15) is 0 Å². The number of nitrogen functional groups attached to an aromatic ring is 1. The highest BCUT2D eigenvalue weighted by Gasteiger charge is 2.17. The average molecular weight is 221 g/mol. The van der Waals surface area contributed by atoms with Gasteiger partial charge < -0.3 is 10.5 Å². The Morgan fingerprint density at radius 2 is 2.06 bits per heavy atom. The van der Waals surface area contributed by atoms with Gasteiger partial charge in [0.15, 0.2) is 0 Å². The Balaban J connectivity index is 2.63. The predicted molar refractivity (Wildman–Crippen MR) is 65.1 cm³/mol. The fourth-order valence-corrected chi connectivity index (χ4v) is 1.34. The summed E-state index contributed by atoms with van der Waals surface area (Å²) < 4.78 is 5.18. The van der Waals surface area contributed by atoms with Crippen LogP contribution in [0.1, 0.15) is 32.3 Å². The molecule has 0 heterocycles. The van der Waals surface area contributed by atoms with Crippen molar-refractivity contribution in [1.82, 2.24) is 0 Å². The summed E-state index contributed by atoms with van der Waals surface area (Å²) in [6, 6.07) is 7.34. The molecule has 0 aromatic heterocycles. The van der Waals surface area contributed by atoms with Crippen LogP contribution in [-0.2, 0) is 9.53 Å². The lowest BCUT2D eigenvalue weighted by Gasteiger charge is -2.13. The molecule has 0 aliphatic rings. The molecule has 0 saturated heterocycles. The third-order valence-electron chi connectivity index (χ3n) is 2.32. The lowest BCUT2D eigenvalue weighted by molar-refractivity contribution is -0.146. The molecule has 0 fully saturated rings. The Morgan fingerprint density at radius 3 is 2.62 bits per heavy atom. The molecule has 16 heavy (non-hydrogen) atoms. The topological polar surface area (TPSA) is 52.3 Å². The zero-order chi connectivity index (χ0) is 12.1. The first-order valence-corrected chi connectivity index (χ1v) is 5.52. The van der Waals surface area contributed by atoms with Crippen LogP contribution in [0.3, 0.4) is 0 Å². The van der Waals surface area contributed by atoms with Crippen LogP contribution in [-0.4, -0.2) is 12.6 Å². The molecule has 1 aromatic carbocycles. The molecule has 2 N–H and O–H groups in total. The van der Waals surface area contributed by atoms with Gasteiger partial charge in [-0.25, -0.2) is 0 Å². The summed E-state index contributed by atoms with van der Waals surface area (Å²) in [6.07, 6.45) is 0. The van der Waals surface area contributed by atoms with E-state index in [4.69, 9.17) is 10.5 Å². The summed E-state index contributed by atoms with van der Waals surface area (Å²) in [5, 5.41) is 0. The van der Waals surface area contributed by atoms with Crippen molar-refractivity contribution in [3.8, 4) is 0 Å². The van der Waals surface area contributed by atoms with Crippen molar-refractivity contribution in [1.29, 1.82) is 0 Å². The van der Waals surface area contributed by atoms with Crippen LogP contribution in [0, 0.1) is 5.92 Å². The maximum Gasteiger partial charge on any atom is 0.313 e. The Bertz CT molecular complexity index is 361. The van der Waals surface area contributed by atoms with Gasteiger partial charge in [0.05, 0.1) is 12.5 Å². The SMILES string of the molecule is CC(C)COC(=O)C(C)c1cccc(N)c1. The number of carbonyl (C=O) groups excluding carboxylic acids is 1. The van der Waals surface area contributed by atoms with Crippen LogP contribution in [0.15, 0.2) is 24.3 Å². The normalized spacial score (nSPS) is 12.5. The third-order valence-corrected chi connectivity index (χ3v) is 2.32. The summed E-state index contributed by atoms with van der Waals surface area (Å²) in [7, 11) is 0. The maximum atomic E-state index is 11.7. The van der Waals surface area contributed by atoms with Crippen LogP contribution in [0.2, 0.25) is 0 Å². The smallest absolute Gasteiger partial charge is 0.313 e. The molecule has 3 nitrogen and oxygen atoms in total. The van der Waals surface area contributed by atoms with E-state index in [1.807, 2.05) is 32.9 Å². The summed E-state index contributed by atoms with van der Waals surface area (Å²) >= 11 is 0. The molecule has 0 bridgehead atoms. The average Bonchev–Trinajstić information content (AvgIpc) is 2.24. The fourth-order valence-electron chi connectivity index (χ4n) is 1.34. The van der Waals surface area contributed by atoms with E-state index in [1.165, 1.54) is 0 Å². The van der Waals surface area contributed by atoms with Crippen LogP contribution < -0.4 is 5.73 Å². The molecular formula is C13H19NO2. The summed E-state index contributed by atoms with van der Waals surface area (Å²) in [6.45, 7) is 6.32. The minimum Gasteiger partial charge on any atom is -0.465 e. The lowest BCUT2D eigenvalue weighted by atomic mass is 10.0. The highest BCUT2D eigenvalue weighted by Crippen LogP contribution is 2.19. The van der Waals surface area contributed by atoms with E-state index in [-0.39, 0.29) is 11.9 Å². The second-order valence-electron chi connectivity index (χ2n) is 4.42. The largest absolute Gasteiger partial charge is 0.465 e. The highest BCUT2D eigenvalue weighted by atomic mass is 16.5. The first-order chi connectivity index (χ1) is 7.50. The van der Waals surface area contributed by atoms with Crippen molar-refractivity contribution < 1.29 is 9.53 Å². The second-order valence-corrected chi connectivity index (χ2v) is 4.42. The Morgan fingerprint density at radius 1 is 1.38 bits per heavy atom. The molecule has 1 rings (SSSR count). The van der Waals surface area contributed by atoms with E-state index in [9.17, 15) is 4.79 Å². The molecule has 0 aliphatic carbocycles. The van der Waals surface area contributed by atoms with Crippen LogP contribution >= 0.6 is 0 Å². The van der Waals surface area contributed by atoms with E-state index in [0.29, 0.717) is 18.2 Å². The first-order valence-electron chi connectivity index (χ1n) is 5.52. The van der Waals surface area contributed by atoms with Crippen LogP contribution in [0.5, 0.6) is 0 Å². The van der Waals surface area contributed by atoms with Crippen LogP contribution in [0.4, 0.5) is 5.69 Å². The van der Waals surface area contributed by atoms with E-state index >= 15 is 0 Å². The van der Waals surface area contributed by atoms with Gasteiger partial charge >= 0.3 is 5.97 Å². The third kappa shape index (κ3) is 3.57. The molecule has 0 amide bonds. The van der Waals surface area contributed by atoms with E-state index in [0.717, 1.165) is 5.56 Å². The molecule has 0 spiro atoms. The minimum absolute atomic E-state index is 0.195. The molecule has 88 valence electrons. The number of rotatable bonds is 4. The monoisotopic (exact) mass is 221 g/mol. The fraction of sp³-hybridized carbons (Fsp3) is 0.462. The first kappa shape index (κ1) is 12.6. The number of ether oxygens (including phenoxy) is 1. The summed E-state index contributed by atoms with van der Waals surface area (Å²) in [4.78, 5) is 11.7. The van der Waals surface area contributed by atoms with Gasteiger partial charge in [0, 0.05) is 5.69 Å². The van der Waals surface area contributed by atoms with E-state index in [2.05, 4.69) is 0 Å². The molecule has 1 unspecified atom stereocenters. The van der Waals surface area contributed by atoms with Crippen molar-refractivity contribution >= 4 is 11.7 Å². The molecule has 1 aromatic rings. The summed E-state index contributed by atoms with van der Waals surface area (Å²) in [5.41, 5.74) is 7.23. The number of esters is 1. The Kier molecular flexibility index (Phi) is 4.35. The molecule has 1 atom stereocenters. The Hall–Kier alpha value is -1.51. The van der Waals surface area contributed by atoms with Crippen molar-refractivity contribution in [2.75, 3.05) is 12.3 Å². The van der Waals surface area contributed by atoms with Gasteiger partial charge in [-0.1, -0.05) is 26.0 Å². The van der Waals surface area contributed by atoms with E-state index < -0.39 is 0 Å². The number of carbonyl (C=O) groups is 1. The van der Waals surface area contributed by atoms with Crippen molar-refractivity contribution in [2.24, 2.45) is 5.92 Å². The molecule has 0 saturated carbocycles. The van der Waals surface area contributed by atoms with Crippen LogP contribution in [0.25, 0.3) is 0 Å². The van der Waals surface area contributed by atoms with Gasteiger partial charge in [0.2, 0.25) is 0 Å². The number of hydrogen-bond acceptors (Lipinski definition) is 3. The van der Waals surface area contributed by atoms with Gasteiger partial charge in [-0.2, -0.15) is 0 Å². The lowest BCUT2D eigenvalue weighted by Crippen LogP contribution is -2.16. The van der Waals surface area contributed by atoms with Crippen molar-refractivity contribution in [2.45, 2.75) is 26.7 Å². The highest BCUT2D eigenvalue weighted by molar-refractivity contribution is 5.78. The van der Waals surface area contributed by atoms with Gasteiger partial charge in [-0.3, -0.25) is 4.79 Å². The zero-order valence-electron chi connectivity index (χ0n) is 10.1. The molecular weight excluding hydrogens is 202 g/mol. The van der Waals surface area contributed by atoms with E-state index in [1.54, 1.807) is 12.1 Å². The zero-order valence-corrected chi connectivity index (χ0v) is 10.1. The predicted octanol–water partition coefficient (Wildman–Crippen LogP) is 2.57. The minimum atomic E-state index is -0.262. The van der Waals surface area contributed by atoms with Gasteiger partial charge in [-0.05, 0) is 30.5 Å². The number of hydrogen-bond donors (Lipinski definition) is 1. The van der Waals surface area contributed by atoms with Crippen molar-refractivity contribution in [3.05, 3.63) is 29.8 Å². The quantitative estimate of drug-likeness (QED) is 0.628. The molecule has 3 heteroatoms. The molecule has 0 radical (unpaired) electrons. The number of anilines is 1. The summed E-state index contributed by atoms with van der Waals surface area (Å²) in [5.74, 6) is -0.0986. The number of benzene rings is 1. The van der Waals surface area contributed by atoms with Crippen molar-refractivity contribution in [3.63, 3.8) is 0 Å². The number of nitrogens with two attached hydrogens (primary N) is 1. The van der Waals surface area contributed by atoms with Gasteiger partial charge in [-0.15, -0.1) is 0 Å². The van der Waals surface area contributed by atoms with Gasteiger partial charge in [0.25, 0.3) is 0 Å². The standard InChI is InChI=1S/C13H19NO2/c1-9(2)8-16-13(15)10(3)11-5-4-6-12(14)7-11/h4-7,9-10H,8,14H2,1-3H3. The second kappa shape index (κ2) is 5.54. The maximum absolute atomic E-state index is 11.7.